The summed E-state index contributed by atoms with van der Waals surface area (Å²) in [6.45, 7) is 0. The predicted octanol–water partition coefficient (Wildman–Crippen LogP) is 3.07. The van der Waals surface area contributed by atoms with Crippen LogP contribution in [0.15, 0.2) is 41.5 Å². The fourth-order valence-corrected chi connectivity index (χ4v) is 1.71. The van der Waals surface area contributed by atoms with E-state index >= 15 is 0 Å². The van der Waals surface area contributed by atoms with Gasteiger partial charge in [-0.1, -0.05) is 11.6 Å². The summed E-state index contributed by atoms with van der Waals surface area (Å²) in [6.07, 6.45) is 1.39. The van der Waals surface area contributed by atoms with Gasteiger partial charge in [0.2, 0.25) is 0 Å². The Hall–Kier alpha value is -2.71. The molecular weight excluding hydrogens is 278 g/mol. The van der Waals surface area contributed by atoms with Crippen molar-refractivity contribution in [1.82, 2.24) is 0 Å². The highest BCUT2D eigenvalue weighted by Crippen LogP contribution is 2.23. The van der Waals surface area contributed by atoms with Crippen LogP contribution in [0.25, 0.3) is 0 Å². The van der Waals surface area contributed by atoms with Gasteiger partial charge in [0.1, 0.15) is 11.5 Å². The normalized spacial score (nSPS) is 10.4. The van der Waals surface area contributed by atoms with Gasteiger partial charge in [-0.15, -0.1) is 0 Å². The summed E-state index contributed by atoms with van der Waals surface area (Å²) in [5.74, 6) is -0.107. The molecule has 0 atom stereocenters. The van der Waals surface area contributed by atoms with Crippen molar-refractivity contribution < 1.29 is 10.2 Å². The van der Waals surface area contributed by atoms with E-state index in [2.05, 4.69) is 10.5 Å². The molecule has 2 aromatic carbocycles. The van der Waals surface area contributed by atoms with Crippen molar-refractivity contribution in [2.24, 2.45) is 5.10 Å². The van der Waals surface area contributed by atoms with Crippen LogP contribution in [0.4, 0.5) is 5.69 Å². The molecule has 0 spiro atoms. The van der Waals surface area contributed by atoms with E-state index in [1.54, 1.807) is 12.1 Å². The Labute approximate surface area is 120 Å². The van der Waals surface area contributed by atoms with E-state index in [0.29, 0.717) is 21.8 Å². The van der Waals surface area contributed by atoms with Gasteiger partial charge in [0, 0.05) is 11.6 Å². The maximum atomic E-state index is 9.57. The van der Waals surface area contributed by atoms with Crippen LogP contribution < -0.4 is 5.43 Å². The summed E-state index contributed by atoms with van der Waals surface area (Å²) in [5, 5.41) is 31.8. The van der Waals surface area contributed by atoms with Crippen LogP contribution in [0.5, 0.6) is 11.5 Å². The second-order valence-electron chi connectivity index (χ2n) is 3.92. The van der Waals surface area contributed by atoms with Gasteiger partial charge in [0.05, 0.1) is 28.6 Å². The molecule has 100 valence electrons. The lowest BCUT2D eigenvalue weighted by Gasteiger charge is -2.03. The number of hydrogen-bond donors (Lipinski definition) is 3. The van der Waals surface area contributed by atoms with Gasteiger partial charge in [-0.2, -0.15) is 10.4 Å². The Kier molecular flexibility index (Phi) is 4.08. The van der Waals surface area contributed by atoms with Crippen molar-refractivity contribution in [3.8, 4) is 17.6 Å². The summed E-state index contributed by atoms with van der Waals surface area (Å²) in [5.41, 5.74) is 4.15. The van der Waals surface area contributed by atoms with Crippen LogP contribution in [-0.2, 0) is 0 Å². The van der Waals surface area contributed by atoms with Crippen LogP contribution >= 0.6 is 11.6 Å². The van der Waals surface area contributed by atoms with Crippen molar-refractivity contribution in [1.29, 1.82) is 5.26 Å². The molecule has 2 aromatic rings. The molecule has 2 rings (SSSR count). The first kappa shape index (κ1) is 13.7. The molecule has 0 saturated heterocycles. The molecule has 0 unspecified atom stereocenters. The van der Waals surface area contributed by atoms with E-state index in [9.17, 15) is 5.11 Å². The van der Waals surface area contributed by atoms with E-state index in [0.717, 1.165) is 0 Å². The first-order chi connectivity index (χ1) is 9.60. The van der Waals surface area contributed by atoms with Crippen molar-refractivity contribution >= 4 is 23.5 Å². The number of nitriles is 1. The third-order valence-electron chi connectivity index (χ3n) is 2.50. The average molecular weight is 288 g/mol. The van der Waals surface area contributed by atoms with E-state index in [-0.39, 0.29) is 11.5 Å². The number of phenolic OH excluding ortho intramolecular Hbond substituents is 2. The molecule has 6 heteroatoms. The molecular formula is C14H10ClN3O2. The number of halogens is 1. The Balaban J connectivity index is 2.12. The molecule has 20 heavy (non-hydrogen) atoms. The fraction of sp³-hybridized carbons (Fsp3) is 0. The highest BCUT2D eigenvalue weighted by atomic mass is 35.5. The predicted molar refractivity (Wildman–Crippen MR) is 77.2 cm³/mol. The quantitative estimate of drug-likeness (QED) is 0.598. The molecule has 5 nitrogen and oxygen atoms in total. The van der Waals surface area contributed by atoms with Gasteiger partial charge in [0.25, 0.3) is 0 Å². The zero-order valence-electron chi connectivity index (χ0n) is 10.2. The summed E-state index contributed by atoms with van der Waals surface area (Å²) < 4.78 is 0. The lowest BCUT2D eigenvalue weighted by molar-refractivity contribution is 0.450. The van der Waals surface area contributed by atoms with Crippen molar-refractivity contribution in [2.45, 2.75) is 0 Å². The maximum Gasteiger partial charge on any atom is 0.128 e. The topological polar surface area (TPSA) is 88.6 Å². The van der Waals surface area contributed by atoms with Gasteiger partial charge in [-0.3, -0.25) is 5.43 Å². The van der Waals surface area contributed by atoms with Crippen LogP contribution in [0.2, 0.25) is 5.02 Å². The van der Waals surface area contributed by atoms with Gasteiger partial charge in [0.15, 0.2) is 0 Å². The number of rotatable bonds is 3. The number of benzene rings is 2. The Morgan fingerprint density at radius 2 is 2.00 bits per heavy atom. The van der Waals surface area contributed by atoms with E-state index < -0.39 is 0 Å². The molecule has 3 N–H and O–H groups in total. The number of hydrogen-bond acceptors (Lipinski definition) is 5. The Bertz CT molecular complexity index is 708. The molecule has 0 bridgehead atoms. The Morgan fingerprint density at radius 3 is 2.65 bits per heavy atom. The molecule has 0 heterocycles. The van der Waals surface area contributed by atoms with Crippen LogP contribution in [0.1, 0.15) is 11.1 Å². The summed E-state index contributed by atoms with van der Waals surface area (Å²) >= 11 is 5.97. The highest BCUT2D eigenvalue weighted by Gasteiger charge is 2.01. The first-order valence-corrected chi connectivity index (χ1v) is 5.98. The van der Waals surface area contributed by atoms with Gasteiger partial charge >= 0.3 is 0 Å². The van der Waals surface area contributed by atoms with E-state index in [1.165, 1.54) is 30.5 Å². The lowest BCUT2D eigenvalue weighted by atomic mass is 10.2. The average Bonchev–Trinajstić information content (AvgIpc) is 2.42. The third kappa shape index (κ3) is 3.19. The molecule has 0 radical (unpaired) electrons. The van der Waals surface area contributed by atoms with Gasteiger partial charge < -0.3 is 10.2 Å². The zero-order valence-corrected chi connectivity index (χ0v) is 11.0. The monoisotopic (exact) mass is 287 g/mol. The molecule has 0 amide bonds. The third-order valence-corrected chi connectivity index (χ3v) is 2.81. The summed E-state index contributed by atoms with van der Waals surface area (Å²) in [4.78, 5) is 0. The standard InChI is InChI=1S/C14H10ClN3O2/c15-12-5-9(7-16)1-4-13(12)18-17-8-10-2-3-11(19)6-14(10)20/h1-6,8,18-20H/b17-8+. The minimum atomic E-state index is -0.0820. The minimum absolute atomic E-state index is 0.0252. The second-order valence-corrected chi connectivity index (χ2v) is 4.33. The first-order valence-electron chi connectivity index (χ1n) is 5.61. The molecule has 0 aromatic heterocycles. The number of nitrogens with one attached hydrogen (secondary N) is 1. The molecule has 0 aliphatic carbocycles. The zero-order chi connectivity index (χ0) is 14.5. The fourth-order valence-electron chi connectivity index (χ4n) is 1.49. The van der Waals surface area contributed by atoms with E-state index in [1.807, 2.05) is 6.07 Å². The molecule has 0 aliphatic heterocycles. The highest BCUT2D eigenvalue weighted by molar-refractivity contribution is 6.33. The Morgan fingerprint density at radius 1 is 1.20 bits per heavy atom. The number of phenols is 2. The van der Waals surface area contributed by atoms with Crippen molar-refractivity contribution in [3.63, 3.8) is 0 Å². The van der Waals surface area contributed by atoms with E-state index in [4.69, 9.17) is 22.0 Å². The summed E-state index contributed by atoms with van der Waals surface area (Å²) in [6, 6.07) is 10.9. The molecule has 0 saturated carbocycles. The van der Waals surface area contributed by atoms with Gasteiger partial charge in [-0.25, -0.2) is 0 Å². The number of nitrogens with zero attached hydrogens (tertiary/aromatic N) is 2. The number of anilines is 1. The van der Waals surface area contributed by atoms with Crippen molar-refractivity contribution in [3.05, 3.63) is 52.5 Å². The lowest BCUT2D eigenvalue weighted by Crippen LogP contribution is -1.92. The molecule has 0 fully saturated rings. The van der Waals surface area contributed by atoms with Crippen LogP contribution in [0, 0.1) is 11.3 Å². The largest absolute Gasteiger partial charge is 0.508 e. The van der Waals surface area contributed by atoms with Crippen LogP contribution in [-0.4, -0.2) is 16.4 Å². The second kappa shape index (κ2) is 5.95. The maximum absolute atomic E-state index is 9.57. The SMILES string of the molecule is N#Cc1ccc(N/N=C/c2ccc(O)cc2O)c(Cl)c1. The smallest absolute Gasteiger partial charge is 0.128 e. The van der Waals surface area contributed by atoms with Crippen molar-refractivity contribution in [2.75, 3.05) is 5.43 Å². The van der Waals surface area contributed by atoms with Gasteiger partial charge in [-0.05, 0) is 30.3 Å². The number of aromatic hydroxyl groups is 2. The molecule has 0 aliphatic rings. The minimum Gasteiger partial charge on any atom is -0.508 e. The number of hydrazone groups is 1. The summed E-state index contributed by atoms with van der Waals surface area (Å²) in [7, 11) is 0. The van der Waals surface area contributed by atoms with Crippen LogP contribution in [0.3, 0.4) is 0 Å².